The van der Waals surface area contributed by atoms with Gasteiger partial charge in [-0.3, -0.25) is 0 Å². The number of furan rings is 1. The molecule has 2 nitrogen and oxygen atoms in total. The first-order chi connectivity index (χ1) is 7.18. The van der Waals surface area contributed by atoms with Crippen LogP contribution in [0.3, 0.4) is 0 Å². The van der Waals surface area contributed by atoms with Gasteiger partial charge in [-0.25, -0.2) is 0 Å². The second kappa shape index (κ2) is 4.39. The predicted octanol–water partition coefficient (Wildman–Crippen LogP) is 3.74. The third kappa shape index (κ3) is 2.25. The molecule has 0 saturated carbocycles. The Labute approximate surface area is 101 Å². The van der Waals surface area contributed by atoms with Gasteiger partial charge in [0.15, 0.2) is 4.67 Å². The van der Waals surface area contributed by atoms with Crippen LogP contribution < -0.4 is 5.73 Å². The summed E-state index contributed by atoms with van der Waals surface area (Å²) in [6.45, 7) is 0. The summed E-state index contributed by atoms with van der Waals surface area (Å²) < 4.78 is 5.81. The molecule has 0 bridgehead atoms. The van der Waals surface area contributed by atoms with Crippen molar-refractivity contribution in [1.29, 1.82) is 0 Å². The maximum absolute atomic E-state index is 6.08. The van der Waals surface area contributed by atoms with Crippen molar-refractivity contribution >= 4 is 27.5 Å². The van der Waals surface area contributed by atoms with Crippen LogP contribution in [0.4, 0.5) is 0 Å². The Bertz CT molecular complexity index is 452. The molecular formula is C11H9BrClNO. The summed E-state index contributed by atoms with van der Waals surface area (Å²) in [5.74, 6) is 0. The maximum Gasteiger partial charge on any atom is 0.174 e. The average Bonchev–Trinajstić information content (AvgIpc) is 2.65. The van der Waals surface area contributed by atoms with Crippen LogP contribution in [-0.4, -0.2) is 0 Å². The summed E-state index contributed by atoms with van der Waals surface area (Å²) >= 11 is 9.11. The zero-order valence-corrected chi connectivity index (χ0v) is 10.1. The van der Waals surface area contributed by atoms with Gasteiger partial charge in [0.1, 0.15) is 0 Å². The lowest BCUT2D eigenvalue weighted by molar-refractivity contribution is 0.534. The minimum absolute atomic E-state index is 0.199. The summed E-state index contributed by atoms with van der Waals surface area (Å²) in [7, 11) is 0. The van der Waals surface area contributed by atoms with E-state index in [1.807, 2.05) is 30.3 Å². The summed E-state index contributed by atoms with van der Waals surface area (Å²) in [5, 5.41) is 0.706. The SMILES string of the molecule is NC(c1ccc(Cl)cc1)c1ccoc1Br. The number of benzene rings is 1. The number of nitrogens with two attached hydrogens (primary N) is 1. The lowest BCUT2D eigenvalue weighted by Crippen LogP contribution is -2.11. The molecule has 0 radical (unpaired) electrons. The van der Waals surface area contributed by atoms with Crippen LogP contribution in [0.5, 0.6) is 0 Å². The Hall–Kier alpha value is -0.770. The molecule has 0 spiro atoms. The zero-order chi connectivity index (χ0) is 10.8. The molecule has 0 aliphatic rings. The monoisotopic (exact) mass is 285 g/mol. The topological polar surface area (TPSA) is 39.2 Å². The van der Waals surface area contributed by atoms with Crippen LogP contribution in [0, 0.1) is 0 Å². The Kier molecular flexibility index (Phi) is 3.14. The minimum Gasteiger partial charge on any atom is -0.457 e. The molecule has 78 valence electrons. The van der Waals surface area contributed by atoms with E-state index in [4.69, 9.17) is 21.8 Å². The quantitative estimate of drug-likeness (QED) is 0.913. The van der Waals surface area contributed by atoms with Gasteiger partial charge in [0.25, 0.3) is 0 Å². The lowest BCUT2D eigenvalue weighted by Gasteiger charge is -2.10. The fourth-order valence-corrected chi connectivity index (χ4v) is 1.99. The Morgan fingerprint density at radius 1 is 1.20 bits per heavy atom. The molecule has 0 aliphatic heterocycles. The van der Waals surface area contributed by atoms with Crippen LogP contribution >= 0.6 is 27.5 Å². The van der Waals surface area contributed by atoms with Crippen molar-refractivity contribution in [3.63, 3.8) is 0 Å². The van der Waals surface area contributed by atoms with Crippen molar-refractivity contribution < 1.29 is 4.42 Å². The second-order valence-electron chi connectivity index (χ2n) is 3.18. The number of hydrogen-bond donors (Lipinski definition) is 1. The molecule has 15 heavy (non-hydrogen) atoms. The molecule has 0 amide bonds. The van der Waals surface area contributed by atoms with Crippen LogP contribution in [0.1, 0.15) is 17.2 Å². The first-order valence-electron chi connectivity index (χ1n) is 4.42. The van der Waals surface area contributed by atoms with Gasteiger partial charge < -0.3 is 10.2 Å². The summed E-state index contributed by atoms with van der Waals surface area (Å²) in [4.78, 5) is 0. The first kappa shape index (κ1) is 10.7. The zero-order valence-electron chi connectivity index (χ0n) is 7.78. The van der Waals surface area contributed by atoms with Gasteiger partial charge in [-0.15, -0.1) is 0 Å². The molecule has 4 heteroatoms. The highest BCUT2D eigenvalue weighted by molar-refractivity contribution is 9.10. The Balaban J connectivity index is 2.32. The standard InChI is InChI=1S/C11H9BrClNO/c12-11-9(5-6-15-11)10(14)7-1-3-8(13)4-2-7/h1-6,10H,14H2. The first-order valence-corrected chi connectivity index (χ1v) is 5.59. The van der Waals surface area contributed by atoms with E-state index in [0.717, 1.165) is 11.1 Å². The molecule has 0 aliphatic carbocycles. The lowest BCUT2D eigenvalue weighted by atomic mass is 10.0. The van der Waals surface area contributed by atoms with Crippen LogP contribution in [0.25, 0.3) is 0 Å². The van der Waals surface area contributed by atoms with Gasteiger partial charge in [0.2, 0.25) is 0 Å². The molecule has 2 rings (SSSR count). The highest BCUT2D eigenvalue weighted by atomic mass is 79.9. The van der Waals surface area contributed by atoms with E-state index in [1.54, 1.807) is 6.26 Å². The number of rotatable bonds is 2. The Morgan fingerprint density at radius 3 is 2.40 bits per heavy atom. The van der Waals surface area contributed by atoms with Crippen molar-refractivity contribution in [3.05, 3.63) is 57.4 Å². The fourth-order valence-electron chi connectivity index (χ4n) is 1.38. The third-order valence-corrected chi connectivity index (χ3v) is 3.11. The van der Waals surface area contributed by atoms with E-state index < -0.39 is 0 Å². The summed E-state index contributed by atoms with van der Waals surface area (Å²) in [6.07, 6.45) is 1.61. The molecule has 2 N–H and O–H groups in total. The molecule has 1 aromatic carbocycles. The number of hydrogen-bond acceptors (Lipinski definition) is 2. The number of halogens is 2. The molecule has 1 unspecified atom stereocenters. The second-order valence-corrected chi connectivity index (χ2v) is 4.34. The van der Waals surface area contributed by atoms with Gasteiger partial charge in [0, 0.05) is 10.6 Å². The van der Waals surface area contributed by atoms with Crippen molar-refractivity contribution in [2.45, 2.75) is 6.04 Å². The van der Waals surface area contributed by atoms with E-state index in [2.05, 4.69) is 15.9 Å². The van der Waals surface area contributed by atoms with Gasteiger partial charge in [0.05, 0.1) is 12.3 Å². The third-order valence-electron chi connectivity index (χ3n) is 2.21. The van der Waals surface area contributed by atoms with Crippen LogP contribution in [0.2, 0.25) is 5.02 Å². The van der Waals surface area contributed by atoms with Gasteiger partial charge >= 0.3 is 0 Å². The van der Waals surface area contributed by atoms with Crippen LogP contribution in [0.15, 0.2) is 45.7 Å². The summed E-state index contributed by atoms with van der Waals surface area (Å²) in [6, 6.07) is 9.12. The smallest absolute Gasteiger partial charge is 0.174 e. The fraction of sp³-hybridized carbons (Fsp3) is 0.0909. The van der Waals surface area contributed by atoms with Crippen LogP contribution in [-0.2, 0) is 0 Å². The summed E-state index contributed by atoms with van der Waals surface area (Å²) in [5.41, 5.74) is 8.01. The normalized spacial score (nSPS) is 12.7. The van der Waals surface area contributed by atoms with E-state index in [0.29, 0.717) is 9.69 Å². The molecule has 1 aromatic heterocycles. The molecule has 1 heterocycles. The van der Waals surface area contributed by atoms with Gasteiger partial charge in [-0.05, 0) is 39.7 Å². The van der Waals surface area contributed by atoms with Crippen molar-refractivity contribution in [2.24, 2.45) is 5.73 Å². The molecular weight excluding hydrogens is 277 g/mol. The van der Waals surface area contributed by atoms with Gasteiger partial charge in [-0.1, -0.05) is 23.7 Å². The molecule has 0 saturated heterocycles. The minimum atomic E-state index is -0.199. The van der Waals surface area contributed by atoms with E-state index in [9.17, 15) is 0 Å². The maximum atomic E-state index is 6.08. The van der Waals surface area contributed by atoms with E-state index in [-0.39, 0.29) is 6.04 Å². The van der Waals surface area contributed by atoms with Crippen molar-refractivity contribution in [3.8, 4) is 0 Å². The molecule has 0 fully saturated rings. The molecule has 2 aromatic rings. The van der Waals surface area contributed by atoms with E-state index >= 15 is 0 Å². The van der Waals surface area contributed by atoms with Gasteiger partial charge in [-0.2, -0.15) is 0 Å². The molecule has 1 atom stereocenters. The Morgan fingerprint density at radius 2 is 1.87 bits per heavy atom. The van der Waals surface area contributed by atoms with E-state index in [1.165, 1.54) is 0 Å². The van der Waals surface area contributed by atoms with Crippen molar-refractivity contribution in [1.82, 2.24) is 0 Å². The predicted molar refractivity (Wildman–Crippen MR) is 63.9 cm³/mol. The van der Waals surface area contributed by atoms with Crippen molar-refractivity contribution in [2.75, 3.05) is 0 Å². The highest BCUT2D eigenvalue weighted by Gasteiger charge is 2.13. The average molecular weight is 287 g/mol. The largest absolute Gasteiger partial charge is 0.457 e. The highest BCUT2D eigenvalue weighted by Crippen LogP contribution is 2.28.